The van der Waals surface area contributed by atoms with E-state index >= 15 is 0 Å². The zero-order chi connectivity index (χ0) is 31.1. The molecule has 0 fully saturated rings. The Morgan fingerprint density at radius 2 is 1.42 bits per heavy atom. The van der Waals surface area contributed by atoms with Crippen molar-refractivity contribution in [2.24, 2.45) is 0 Å². The molecule has 1 aliphatic carbocycles. The molecular weight excluding hydrogens is 544 g/mol. The predicted octanol–water partition coefficient (Wildman–Crippen LogP) is 8.22. The molecule has 8 rings (SSSR count). The first-order chi connectivity index (χ1) is 20.7. The summed E-state index contributed by atoms with van der Waals surface area (Å²) < 4.78 is 2.73. The highest BCUT2D eigenvalue weighted by molar-refractivity contribution is 5.94. The number of anilines is 1. The molecule has 0 radical (unpaired) electrons. The van der Waals surface area contributed by atoms with Gasteiger partial charge in [-0.3, -0.25) is 0 Å². The molecule has 0 N–H and O–H groups in total. The average molecular weight is 597 g/mol. The SMILES string of the molecule is CC1=CC(C)(C)N2CCCc3c2c1cc1c3C(C)(C)c2c3c4c(cc2=C1c1ccc(C)cc1C)C(C)=CC(C)(C)[N+]=4CCC3.[CH3-]. The van der Waals surface area contributed by atoms with Gasteiger partial charge in [-0.25, -0.2) is 4.58 Å². The van der Waals surface area contributed by atoms with Crippen LogP contribution in [0, 0.1) is 21.3 Å². The first-order valence-corrected chi connectivity index (χ1v) is 17.0. The quantitative estimate of drug-likeness (QED) is 0.203. The van der Waals surface area contributed by atoms with Crippen molar-refractivity contribution in [2.75, 3.05) is 18.0 Å². The number of benzene rings is 3. The van der Waals surface area contributed by atoms with Crippen LogP contribution in [-0.2, 0) is 18.3 Å². The molecule has 4 aliphatic heterocycles. The Kier molecular flexibility index (Phi) is 6.44. The van der Waals surface area contributed by atoms with Crippen LogP contribution < -0.4 is 20.1 Å². The molecule has 0 bridgehead atoms. The monoisotopic (exact) mass is 596 g/mol. The highest BCUT2D eigenvalue weighted by Crippen LogP contribution is 2.52. The van der Waals surface area contributed by atoms with Crippen LogP contribution in [0.1, 0.15) is 124 Å². The first kappa shape index (κ1) is 30.3. The van der Waals surface area contributed by atoms with Crippen LogP contribution in [0.3, 0.4) is 0 Å². The molecule has 3 aromatic carbocycles. The third-order valence-corrected chi connectivity index (χ3v) is 11.8. The molecule has 0 atom stereocenters. The minimum absolute atomic E-state index is 0. The number of aryl methyl sites for hydroxylation is 2. The molecule has 0 spiro atoms. The van der Waals surface area contributed by atoms with Gasteiger partial charge in [0.2, 0.25) is 5.36 Å². The van der Waals surface area contributed by atoms with E-state index in [0.717, 1.165) is 25.9 Å². The van der Waals surface area contributed by atoms with Crippen molar-refractivity contribution in [1.82, 2.24) is 4.58 Å². The summed E-state index contributed by atoms with van der Waals surface area (Å²) in [6.07, 6.45) is 9.77. The lowest BCUT2D eigenvalue weighted by Crippen LogP contribution is -2.55. The van der Waals surface area contributed by atoms with Crippen LogP contribution >= 0.6 is 0 Å². The maximum atomic E-state index is 2.73. The molecule has 5 aliphatic rings. The largest absolute Gasteiger partial charge is 0.362 e. The minimum Gasteiger partial charge on any atom is -0.362 e. The van der Waals surface area contributed by atoms with Crippen LogP contribution in [0.5, 0.6) is 0 Å². The third-order valence-electron chi connectivity index (χ3n) is 11.8. The van der Waals surface area contributed by atoms with Crippen molar-refractivity contribution in [1.29, 1.82) is 0 Å². The molecule has 4 heterocycles. The van der Waals surface area contributed by atoms with E-state index in [1.807, 2.05) is 0 Å². The van der Waals surface area contributed by atoms with Crippen LogP contribution in [0.2, 0.25) is 0 Å². The summed E-state index contributed by atoms with van der Waals surface area (Å²) in [4.78, 5) is 2.73. The topological polar surface area (TPSA) is 6.25 Å². The van der Waals surface area contributed by atoms with Gasteiger partial charge in [0.05, 0.1) is 5.54 Å². The second-order valence-corrected chi connectivity index (χ2v) is 16.1. The normalized spacial score (nSPS) is 21.1. The van der Waals surface area contributed by atoms with Crippen LogP contribution in [0.15, 0.2) is 42.5 Å². The van der Waals surface area contributed by atoms with Crippen LogP contribution in [-0.4, -0.2) is 24.2 Å². The summed E-state index contributed by atoms with van der Waals surface area (Å²) in [5.74, 6) is 0. The molecule has 2 heteroatoms. The van der Waals surface area contributed by atoms with E-state index in [2.05, 4.69) is 121 Å². The third kappa shape index (κ3) is 3.96. The Labute approximate surface area is 271 Å². The summed E-state index contributed by atoms with van der Waals surface area (Å²) in [7, 11) is 0. The maximum absolute atomic E-state index is 2.73. The molecule has 0 aromatic heterocycles. The summed E-state index contributed by atoms with van der Waals surface area (Å²) >= 11 is 0. The van der Waals surface area contributed by atoms with Crippen molar-refractivity contribution < 1.29 is 0 Å². The second kappa shape index (κ2) is 9.57. The van der Waals surface area contributed by atoms with Crippen LogP contribution in [0.4, 0.5) is 5.69 Å². The van der Waals surface area contributed by atoms with Crippen molar-refractivity contribution >= 4 is 22.4 Å². The Morgan fingerprint density at radius 1 is 0.711 bits per heavy atom. The number of fused-ring (bicyclic) bond motifs is 4. The molecular formula is C43H52N2. The summed E-state index contributed by atoms with van der Waals surface area (Å²) in [6.45, 7) is 26.2. The maximum Gasteiger partial charge on any atom is 0.211 e. The Hall–Kier alpha value is -3.39. The van der Waals surface area contributed by atoms with Gasteiger partial charge in [0.1, 0.15) is 6.54 Å². The smallest absolute Gasteiger partial charge is 0.211 e. The molecule has 0 amide bonds. The number of rotatable bonds is 1. The highest BCUT2D eigenvalue weighted by atomic mass is 15.2. The minimum atomic E-state index is -0.105. The number of allylic oxidation sites excluding steroid dienone is 2. The lowest BCUT2D eigenvalue weighted by Gasteiger charge is -2.49. The summed E-state index contributed by atoms with van der Waals surface area (Å²) in [6, 6.07) is 12.3. The lowest BCUT2D eigenvalue weighted by atomic mass is 9.62. The van der Waals surface area contributed by atoms with E-state index in [1.165, 1.54) is 79.2 Å². The fourth-order valence-corrected chi connectivity index (χ4v) is 10.2. The van der Waals surface area contributed by atoms with Gasteiger partial charge >= 0.3 is 0 Å². The van der Waals surface area contributed by atoms with Crippen molar-refractivity contribution in [3.8, 4) is 0 Å². The Bertz CT molecular complexity index is 2020. The molecule has 234 valence electrons. The van der Waals surface area contributed by atoms with Gasteiger partial charge in [-0.1, -0.05) is 43.7 Å². The molecule has 0 unspecified atom stereocenters. The lowest BCUT2D eigenvalue weighted by molar-refractivity contribution is 0.367. The van der Waals surface area contributed by atoms with Gasteiger partial charge < -0.3 is 12.3 Å². The van der Waals surface area contributed by atoms with E-state index in [-0.39, 0.29) is 23.9 Å². The predicted molar refractivity (Wildman–Crippen MR) is 194 cm³/mol. The van der Waals surface area contributed by atoms with Gasteiger partial charge in [0, 0.05) is 54.6 Å². The van der Waals surface area contributed by atoms with E-state index in [1.54, 1.807) is 22.3 Å². The van der Waals surface area contributed by atoms with Gasteiger partial charge in [-0.15, -0.1) is 0 Å². The Morgan fingerprint density at radius 3 is 2.16 bits per heavy atom. The first-order valence-electron chi connectivity index (χ1n) is 17.0. The van der Waals surface area contributed by atoms with Gasteiger partial charge in [0.15, 0.2) is 5.54 Å². The number of nitrogens with zero attached hydrogens (tertiary/aromatic N) is 2. The van der Waals surface area contributed by atoms with Gasteiger partial charge in [-0.05, 0) is 134 Å². The zero-order valence-electron chi connectivity index (χ0n) is 29.7. The average Bonchev–Trinajstić information content (AvgIpc) is 2.94. The fourth-order valence-electron chi connectivity index (χ4n) is 10.2. The van der Waals surface area contributed by atoms with E-state index in [4.69, 9.17) is 0 Å². The fraction of sp³-hybridized carbons (Fsp3) is 0.442. The molecule has 0 saturated carbocycles. The highest BCUT2D eigenvalue weighted by Gasteiger charge is 2.46. The summed E-state index contributed by atoms with van der Waals surface area (Å²) in [5.41, 5.74) is 20.6. The van der Waals surface area contributed by atoms with E-state index < -0.39 is 0 Å². The molecule has 3 aromatic rings. The van der Waals surface area contributed by atoms with Crippen molar-refractivity contribution in [3.05, 3.63) is 116 Å². The standard InChI is InChI=1S/C42H49N2.CH3/c1-24-15-16-28(25(2)19-24)35-33-20-31-26(3)22-40(5,6)43-17-11-13-29(38(31)43)36(33)42(9,10)37-30-14-12-18-44-39(30)32(21-34(35)37)27(4)23-41(44,7)8;/h15-16,19-23H,11-14,17-18H2,1-10H3;1H3/q+1;-1. The number of hydrogen-bond donors (Lipinski definition) is 0. The number of hydrogen-bond acceptors (Lipinski definition) is 1. The van der Waals surface area contributed by atoms with Crippen LogP contribution in [0.25, 0.3) is 16.7 Å². The molecule has 0 saturated heterocycles. The van der Waals surface area contributed by atoms with E-state index in [9.17, 15) is 0 Å². The Balaban J connectivity index is 0.00000325. The van der Waals surface area contributed by atoms with Crippen molar-refractivity contribution in [2.45, 2.75) is 111 Å². The van der Waals surface area contributed by atoms with Gasteiger partial charge in [0.25, 0.3) is 0 Å². The second-order valence-electron chi connectivity index (χ2n) is 16.1. The van der Waals surface area contributed by atoms with Gasteiger partial charge in [-0.2, -0.15) is 0 Å². The zero-order valence-corrected chi connectivity index (χ0v) is 29.7. The molecule has 45 heavy (non-hydrogen) atoms. The van der Waals surface area contributed by atoms with Crippen molar-refractivity contribution in [3.63, 3.8) is 0 Å². The van der Waals surface area contributed by atoms with E-state index in [0.29, 0.717) is 0 Å². The molecule has 2 nitrogen and oxygen atoms in total. The summed E-state index contributed by atoms with van der Waals surface area (Å²) in [5, 5.41) is 2.99.